The topological polar surface area (TPSA) is 78.9 Å². The Hall–Kier alpha value is -2.11. The Morgan fingerprint density at radius 2 is 0.559 bits per heavy atom. The van der Waals surface area contributed by atoms with E-state index < -0.39 is 6.10 Å². The molecule has 0 spiro atoms. The summed E-state index contributed by atoms with van der Waals surface area (Å²) in [5.74, 6) is -0.887. The van der Waals surface area contributed by atoms with Crippen molar-refractivity contribution in [2.24, 2.45) is 0 Å². The fourth-order valence-corrected chi connectivity index (χ4v) is 9.13. The third-order valence-corrected chi connectivity index (χ3v) is 13.7. The third kappa shape index (κ3) is 54.8. The van der Waals surface area contributed by atoms with Crippen molar-refractivity contribution in [1.29, 1.82) is 0 Å². The largest absolute Gasteiger partial charge is 0.462 e. The molecule has 0 aromatic carbocycles. The number of carbonyl (C=O) groups excluding carboxylic acids is 3. The van der Waals surface area contributed by atoms with E-state index in [0.29, 0.717) is 19.3 Å². The standard InChI is InChI=1S/C62H116O6/c1-4-7-10-13-15-17-19-21-22-23-24-25-26-27-28-29-30-31-32-33-34-35-36-37-38-39-41-42-44-46-49-52-55-61(64)67-58-59(57-66-60(63)54-51-48-12-9-6-3)68-62(65)56-53-50-47-45-43-40-20-18-16-14-11-8-5-2/h11,14,18,20,59H,4-10,12-13,15-17,19,21-58H2,1-3H3/b14-11-,20-18-. The van der Waals surface area contributed by atoms with E-state index in [9.17, 15) is 14.4 Å². The first kappa shape index (κ1) is 65.9. The zero-order valence-electron chi connectivity index (χ0n) is 45.9. The number of carbonyl (C=O) groups is 3. The smallest absolute Gasteiger partial charge is 0.306 e. The van der Waals surface area contributed by atoms with Crippen molar-refractivity contribution in [3.63, 3.8) is 0 Å². The summed E-state index contributed by atoms with van der Waals surface area (Å²) in [6.45, 7) is 6.52. The minimum absolute atomic E-state index is 0.0735. The Labute approximate surface area is 423 Å². The first-order valence-corrected chi connectivity index (χ1v) is 30.3. The van der Waals surface area contributed by atoms with Crippen molar-refractivity contribution >= 4 is 17.9 Å². The number of unbranched alkanes of at least 4 members (excludes halogenated alkanes) is 41. The van der Waals surface area contributed by atoms with E-state index in [-0.39, 0.29) is 31.1 Å². The van der Waals surface area contributed by atoms with Crippen molar-refractivity contribution < 1.29 is 28.6 Å². The molecule has 400 valence electrons. The van der Waals surface area contributed by atoms with Crippen LogP contribution in [0.3, 0.4) is 0 Å². The molecule has 0 amide bonds. The zero-order chi connectivity index (χ0) is 49.3. The van der Waals surface area contributed by atoms with Gasteiger partial charge in [0, 0.05) is 19.3 Å². The molecule has 1 unspecified atom stereocenters. The van der Waals surface area contributed by atoms with E-state index in [1.807, 2.05) is 0 Å². The molecule has 0 aromatic rings. The van der Waals surface area contributed by atoms with E-state index in [0.717, 1.165) is 96.3 Å². The van der Waals surface area contributed by atoms with Crippen molar-refractivity contribution in [3.05, 3.63) is 24.3 Å². The number of hydrogen-bond donors (Lipinski definition) is 0. The van der Waals surface area contributed by atoms with E-state index in [1.165, 1.54) is 199 Å². The van der Waals surface area contributed by atoms with Gasteiger partial charge in [-0.25, -0.2) is 0 Å². The van der Waals surface area contributed by atoms with Crippen molar-refractivity contribution in [3.8, 4) is 0 Å². The lowest BCUT2D eigenvalue weighted by molar-refractivity contribution is -0.167. The fraction of sp³-hybridized carbons (Fsp3) is 0.887. The van der Waals surface area contributed by atoms with Gasteiger partial charge in [-0.2, -0.15) is 0 Å². The summed E-state index contributed by atoms with van der Waals surface area (Å²) in [6.07, 6.45) is 68.3. The third-order valence-electron chi connectivity index (χ3n) is 13.7. The van der Waals surface area contributed by atoms with Crippen LogP contribution >= 0.6 is 0 Å². The Morgan fingerprint density at radius 1 is 0.294 bits per heavy atom. The van der Waals surface area contributed by atoms with Gasteiger partial charge in [0.15, 0.2) is 6.10 Å². The molecule has 0 N–H and O–H groups in total. The second-order valence-electron chi connectivity index (χ2n) is 20.6. The van der Waals surface area contributed by atoms with Gasteiger partial charge in [-0.1, -0.05) is 295 Å². The maximum absolute atomic E-state index is 12.7. The molecule has 0 rings (SSSR count). The maximum Gasteiger partial charge on any atom is 0.306 e. The summed E-state index contributed by atoms with van der Waals surface area (Å²) in [4.78, 5) is 37.7. The van der Waals surface area contributed by atoms with Gasteiger partial charge in [0.25, 0.3) is 0 Å². The second-order valence-corrected chi connectivity index (χ2v) is 20.6. The first-order valence-electron chi connectivity index (χ1n) is 30.3. The van der Waals surface area contributed by atoms with E-state index >= 15 is 0 Å². The Morgan fingerprint density at radius 3 is 0.868 bits per heavy atom. The molecule has 0 aromatic heterocycles. The summed E-state index contributed by atoms with van der Waals surface area (Å²) >= 11 is 0. The Kier molecular flexibility index (Phi) is 55.7. The van der Waals surface area contributed by atoms with Crippen LogP contribution in [0.1, 0.15) is 335 Å². The molecule has 0 heterocycles. The highest BCUT2D eigenvalue weighted by molar-refractivity contribution is 5.71. The van der Waals surface area contributed by atoms with Gasteiger partial charge in [-0.15, -0.1) is 0 Å². The summed E-state index contributed by atoms with van der Waals surface area (Å²) < 4.78 is 16.7. The zero-order valence-corrected chi connectivity index (χ0v) is 45.9. The molecule has 6 nitrogen and oxygen atoms in total. The molecule has 6 heteroatoms. The average molecular weight is 958 g/mol. The Balaban J connectivity index is 3.85. The molecular formula is C62H116O6. The lowest BCUT2D eigenvalue weighted by atomic mass is 10.0. The van der Waals surface area contributed by atoms with Crippen LogP contribution in [-0.4, -0.2) is 37.2 Å². The lowest BCUT2D eigenvalue weighted by Crippen LogP contribution is -2.30. The first-order chi connectivity index (χ1) is 33.5. The quantitative estimate of drug-likeness (QED) is 0.0262. The Bertz CT molecular complexity index is 1100. The molecule has 0 aliphatic rings. The SMILES string of the molecule is CCC/C=C\C/C=C\CCCCCCCC(=O)OC(COC(=O)CCCCCCC)COC(=O)CCCCCCCCCCCCCCCCCCCCCCCCCCCCCCCCCC. The minimum Gasteiger partial charge on any atom is -0.462 e. The van der Waals surface area contributed by atoms with E-state index in [1.54, 1.807) is 0 Å². The van der Waals surface area contributed by atoms with Crippen LogP contribution < -0.4 is 0 Å². The molecule has 0 saturated carbocycles. The van der Waals surface area contributed by atoms with Crippen LogP contribution in [0, 0.1) is 0 Å². The number of hydrogen-bond acceptors (Lipinski definition) is 6. The maximum atomic E-state index is 12.7. The van der Waals surface area contributed by atoms with E-state index in [4.69, 9.17) is 14.2 Å². The van der Waals surface area contributed by atoms with Crippen molar-refractivity contribution in [2.45, 2.75) is 341 Å². The van der Waals surface area contributed by atoms with Gasteiger partial charge in [0.1, 0.15) is 13.2 Å². The molecule has 0 aliphatic heterocycles. The predicted molar refractivity (Wildman–Crippen MR) is 293 cm³/mol. The van der Waals surface area contributed by atoms with Crippen LogP contribution in [0.5, 0.6) is 0 Å². The molecule has 0 saturated heterocycles. The number of esters is 3. The van der Waals surface area contributed by atoms with Crippen LogP contribution in [-0.2, 0) is 28.6 Å². The summed E-state index contributed by atoms with van der Waals surface area (Å²) in [6, 6.07) is 0. The molecule has 0 bridgehead atoms. The summed E-state index contributed by atoms with van der Waals surface area (Å²) in [5, 5.41) is 0. The summed E-state index contributed by atoms with van der Waals surface area (Å²) in [7, 11) is 0. The van der Waals surface area contributed by atoms with Crippen LogP contribution in [0.4, 0.5) is 0 Å². The van der Waals surface area contributed by atoms with E-state index in [2.05, 4.69) is 45.1 Å². The number of rotatable bonds is 56. The molecular weight excluding hydrogens is 841 g/mol. The highest BCUT2D eigenvalue weighted by Crippen LogP contribution is 2.18. The van der Waals surface area contributed by atoms with Gasteiger partial charge in [-0.3, -0.25) is 14.4 Å². The van der Waals surface area contributed by atoms with Gasteiger partial charge in [0.2, 0.25) is 0 Å². The number of allylic oxidation sites excluding steroid dienone is 4. The van der Waals surface area contributed by atoms with Gasteiger partial charge >= 0.3 is 17.9 Å². The fourth-order valence-electron chi connectivity index (χ4n) is 9.13. The molecule has 0 radical (unpaired) electrons. The van der Waals surface area contributed by atoms with Crippen molar-refractivity contribution in [1.82, 2.24) is 0 Å². The molecule has 0 aliphatic carbocycles. The van der Waals surface area contributed by atoms with Crippen molar-refractivity contribution in [2.75, 3.05) is 13.2 Å². The molecule has 1 atom stereocenters. The molecule has 0 fully saturated rings. The van der Waals surface area contributed by atoms with Gasteiger partial charge < -0.3 is 14.2 Å². The monoisotopic (exact) mass is 957 g/mol. The van der Waals surface area contributed by atoms with Gasteiger partial charge in [-0.05, 0) is 44.9 Å². The van der Waals surface area contributed by atoms with Crippen LogP contribution in [0.2, 0.25) is 0 Å². The van der Waals surface area contributed by atoms with Crippen LogP contribution in [0.15, 0.2) is 24.3 Å². The van der Waals surface area contributed by atoms with Crippen LogP contribution in [0.25, 0.3) is 0 Å². The highest BCUT2D eigenvalue weighted by atomic mass is 16.6. The average Bonchev–Trinajstić information content (AvgIpc) is 3.34. The van der Waals surface area contributed by atoms with Gasteiger partial charge in [0.05, 0.1) is 0 Å². The normalized spacial score (nSPS) is 12.1. The lowest BCUT2D eigenvalue weighted by Gasteiger charge is -2.18. The molecule has 68 heavy (non-hydrogen) atoms. The minimum atomic E-state index is -0.771. The highest BCUT2D eigenvalue weighted by Gasteiger charge is 2.19. The predicted octanol–water partition coefficient (Wildman–Crippen LogP) is 20.3. The second kappa shape index (κ2) is 57.5. The number of ether oxygens (including phenoxy) is 3. The summed E-state index contributed by atoms with van der Waals surface area (Å²) in [5.41, 5.74) is 0.